The lowest BCUT2D eigenvalue weighted by molar-refractivity contribution is -0.929. The standard InChI is InChI=1S/C14H20NO2.ClH/c1-15(10-6-3-7-11-15)12-17-14(16)13-8-4-2-5-9-13;/h2,4-5,8-9H,3,6-7,10-12H2,1H3;1H/q+1;/p-1. The number of hydrogen-bond donors (Lipinski definition) is 0. The number of carbonyl (C=O) groups excluding carboxylic acids is 1. The molecule has 0 unspecified atom stereocenters. The third-order valence-corrected chi connectivity index (χ3v) is 3.41. The van der Waals surface area contributed by atoms with Gasteiger partial charge in [0.15, 0.2) is 0 Å². The molecule has 0 aromatic heterocycles. The van der Waals surface area contributed by atoms with Crippen LogP contribution in [-0.2, 0) is 4.74 Å². The number of rotatable bonds is 3. The molecule has 0 atom stereocenters. The summed E-state index contributed by atoms with van der Waals surface area (Å²) in [5.74, 6) is -0.212. The van der Waals surface area contributed by atoms with Crippen molar-refractivity contribution in [2.45, 2.75) is 19.3 Å². The van der Waals surface area contributed by atoms with Crippen molar-refractivity contribution in [2.75, 3.05) is 26.9 Å². The van der Waals surface area contributed by atoms with Crippen LogP contribution in [0.3, 0.4) is 0 Å². The van der Waals surface area contributed by atoms with Crippen molar-refractivity contribution in [1.82, 2.24) is 0 Å². The van der Waals surface area contributed by atoms with Gasteiger partial charge in [0.05, 0.1) is 25.7 Å². The molecule has 0 saturated carbocycles. The summed E-state index contributed by atoms with van der Waals surface area (Å²) in [5, 5.41) is 0. The van der Waals surface area contributed by atoms with Gasteiger partial charge < -0.3 is 17.1 Å². The number of likely N-dealkylation sites (tertiary alicyclic amines) is 1. The first kappa shape index (κ1) is 15.0. The topological polar surface area (TPSA) is 26.3 Å². The molecule has 1 aromatic rings. The molecule has 2 rings (SSSR count). The molecule has 1 aliphatic heterocycles. The van der Waals surface area contributed by atoms with E-state index in [1.165, 1.54) is 19.3 Å². The molecule has 4 heteroatoms. The summed E-state index contributed by atoms with van der Waals surface area (Å²) >= 11 is 0. The maximum absolute atomic E-state index is 11.8. The van der Waals surface area contributed by atoms with Crippen LogP contribution < -0.4 is 12.4 Å². The van der Waals surface area contributed by atoms with E-state index in [4.69, 9.17) is 4.74 Å². The summed E-state index contributed by atoms with van der Waals surface area (Å²) in [6.07, 6.45) is 3.78. The van der Waals surface area contributed by atoms with Gasteiger partial charge in [0, 0.05) is 0 Å². The van der Waals surface area contributed by atoms with Gasteiger partial charge in [-0.1, -0.05) is 18.2 Å². The molecule has 0 aliphatic carbocycles. The van der Waals surface area contributed by atoms with Crippen molar-refractivity contribution in [2.24, 2.45) is 0 Å². The first-order valence-corrected chi connectivity index (χ1v) is 6.25. The number of nitrogens with zero attached hydrogens (tertiary/aromatic N) is 1. The lowest BCUT2D eigenvalue weighted by Gasteiger charge is -2.36. The predicted molar refractivity (Wildman–Crippen MR) is 66.5 cm³/mol. The Morgan fingerprint density at radius 2 is 1.78 bits per heavy atom. The summed E-state index contributed by atoms with van der Waals surface area (Å²) in [4.78, 5) is 11.8. The molecule has 0 N–H and O–H groups in total. The monoisotopic (exact) mass is 269 g/mol. The van der Waals surface area contributed by atoms with Crippen LogP contribution in [0.15, 0.2) is 30.3 Å². The molecule has 0 bridgehead atoms. The third kappa shape index (κ3) is 4.00. The fourth-order valence-corrected chi connectivity index (χ4v) is 2.28. The minimum Gasteiger partial charge on any atom is -1.00 e. The lowest BCUT2D eigenvalue weighted by atomic mass is 10.1. The molecule has 0 radical (unpaired) electrons. The van der Waals surface area contributed by atoms with Crippen molar-refractivity contribution >= 4 is 5.97 Å². The van der Waals surface area contributed by atoms with Crippen molar-refractivity contribution in [1.29, 1.82) is 0 Å². The number of halogens is 1. The number of piperidine rings is 1. The van der Waals surface area contributed by atoms with Crippen molar-refractivity contribution in [3.05, 3.63) is 35.9 Å². The van der Waals surface area contributed by atoms with Crippen molar-refractivity contribution in [3.8, 4) is 0 Å². The summed E-state index contributed by atoms with van der Waals surface area (Å²) < 4.78 is 6.26. The quantitative estimate of drug-likeness (QED) is 0.543. The highest BCUT2D eigenvalue weighted by Crippen LogP contribution is 2.16. The van der Waals surface area contributed by atoms with Crippen molar-refractivity contribution in [3.63, 3.8) is 0 Å². The van der Waals surface area contributed by atoms with Crippen LogP contribution in [0, 0.1) is 0 Å². The Labute approximate surface area is 115 Å². The molecule has 3 nitrogen and oxygen atoms in total. The van der Waals surface area contributed by atoms with Gasteiger partial charge in [-0.2, -0.15) is 0 Å². The number of ether oxygens (including phenoxy) is 1. The summed E-state index contributed by atoms with van der Waals surface area (Å²) in [7, 11) is 2.16. The van der Waals surface area contributed by atoms with Crippen LogP contribution in [0.5, 0.6) is 0 Å². The van der Waals surface area contributed by atoms with E-state index < -0.39 is 0 Å². The average molecular weight is 270 g/mol. The maximum Gasteiger partial charge on any atom is 0.342 e. The Morgan fingerprint density at radius 1 is 1.17 bits per heavy atom. The fourth-order valence-electron chi connectivity index (χ4n) is 2.28. The van der Waals surface area contributed by atoms with Crippen LogP contribution in [0.1, 0.15) is 29.6 Å². The molecule has 1 fully saturated rings. The van der Waals surface area contributed by atoms with Crippen LogP contribution >= 0.6 is 0 Å². The zero-order valence-corrected chi connectivity index (χ0v) is 11.5. The largest absolute Gasteiger partial charge is 1.00 e. The maximum atomic E-state index is 11.8. The Bertz CT molecular complexity index is 375. The molecule has 100 valence electrons. The smallest absolute Gasteiger partial charge is 0.342 e. The number of esters is 1. The van der Waals surface area contributed by atoms with Gasteiger partial charge in [-0.15, -0.1) is 0 Å². The molecule has 1 aliphatic rings. The van der Waals surface area contributed by atoms with E-state index in [0.717, 1.165) is 17.6 Å². The Kier molecular flexibility index (Phi) is 5.63. The highest BCUT2D eigenvalue weighted by atomic mass is 35.5. The molecule has 0 amide bonds. The normalized spacial score (nSPS) is 17.6. The number of hydrogen-bond acceptors (Lipinski definition) is 2. The van der Waals surface area contributed by atoms with Crippen LogP contribution in [-0.4, -0.2) is 37.3 Å². The molecule has 1 aromatic carbocycles. The van der Waals surface area contributed by atoms with Crippen LogP contribution in [0.25, 0.3) is 0 Å². The molecule has 18 heavy (non-hydrogen) atoms. The van der Waals surface area contributed by atoms with Crippen LogP contribution in [0.2, 0.25) is 0 Å². The van der Waals surface area contributed by atoms with Gasteiger partial charge >= 0.3 is 5.97 Å². The minimum absolute atomic E-state index is 0. The van der Waals surface area contributed by atoms with Gasteiger partial charge in [-0.05, 0) is 31.4 Å². The number of benzene rings is 1. The van der Waals surface area contributed by atoms with E-state index in [0.29, 0.717) is 12.3 Å². The predicted octanol–water partition coefficient (Wildman–Crippen LogP) is -0.565. The van der Waals surface area contributed by atoms with Crippen LogP contribution in [0.4, 0.5) is 0 Å². The number of quaternary nitrogens is 1. The van der Waals surface area contributed by atoms with Gasteiger partial charge in [-0.25, -0.2) is 4.79 Å². The lowest BCUT2D eigenvalue weighted by Crippen LogP contribution is -3.00. The summed E-state index contributed by atoms with van der Waals surface area (Å²) in [6.45, 7) is 2.72. The molecule has 1 saturated heterocycles. The van der Waals surface area contributed by atoms with Gasteiger partial charge in [0.1, 0.15) is 0 Å². The van der Waals surface area contributed by atoms with E-state index in [1.54, 1.807) is 12.1 Å². The zero-order chi connectivity index (χ0) is 12.1. The molecular formula is C14H20ClNO2. The second-order valence-corrected chi connectivity index (χ2v) is 5.05. The van der Waals surface area contributed by atoms with E-state index in [2.05, 4.69) is 7.05 Å². The summed E-state index contributed by atoms with van der Waals surface area (Å²) in [5.41, 5.74) is 0.635. The first-order valence-electron chi connectivity index (χ1n) is 6.25. The second-order valence-electron chi connectivity index (χ2n) is 5.05. The number of carbonyl (C=O) groups is 1. The minimum atomic E-state index is -0.212. The van der Waals surface area contributed by atoms with Gasteiger partial charge in [-0.3, -0.25) is 4.48 Å². The highest BCUT2D eigenvalue weighted by molar-refractivity contribution is 5.89. The summed E-state index contributed by atoms with van der Waals surface area (Å²) in [6, 6.07) is 9.19. The first-order chi connectivity index (χ1) is 8.20. The van der Waals surface area contributed by atoms with E-state index in [9.17, 15) is 4.79 Å². The Balaban J connectivity index is 0.00000162. The van der Waals surface area contributed by atoms with E-state index >= 15 is 0 Å². The SMILES string of the molecule is C[N+]1(COC(=O)c2ccccc2)CCCCC1.[Cl-]. The Morgan fingerprint density at radius 3 is 2.39 bits per heavy atom. The second kappa shape index (κ2) is 6.76. The van der Waals surface area contributed by atoms with Gasteiger partial charge in [0.25, 0.3) is 0 Å². The average Bonchev–Trinajstić information content (AvgIpc) is 2.38. The molecule has 0 spiro atoms. The zero-order valence-electron chi connectivity index (χ0n) is 10.8. The van der Waals surface area contributed by atoms with Gasteiger partial charge in [0.2, 0.25) is 6.73 Å². The van der Waals surface area contributed by atoms with E-state index in [-0.39, 0.29) is 18.4 Å². The fraction of sp³-hybridized carbons (Fsp3) is 0.500. The Hall–Kier alpha value is -1.06. The van der Waals surface area contributed by atoms with E-state index in [1.807, 2.05) is 18.2 Å². The highest BCUT2D eigenvalue weighted by Gasteiger charge is 2.26. The van der Waals surface area contributed by atoms with Crippen molar-refractivity contribution < 1.29 is 26.4 Å². The molecule has 1 heterocycles. The molecular weight excluding hydrogens is 250 g/mol. The third-order valence-electron chi connectivity index (χ3n) is 3.41.